The van der Waals surface area contributed by atoms with Gasteiger partial charge >= 0.3 is 5.97 Å². The first-order valence-corrected chi connectivity index (χ1v) is 5.66. The van der Waals surface area contributed by atoms with Gasteiger partial charge < -0.3 is 10.1 Å². The summed E-state index contributed by atoms with van der Waals surface area (Å²) in [6, 6.07) is 0. The van der Waals surface area contributed by atoms with Gasteiger partial charge in [-0.05, 0) is 20.3 Å². The minimum atomic E-state index is -0.622. The van der Waals surface area contributed by atoms with Gasteiger partial charge in [0.05, 0.1) is 7.11 Å². The zero-order chi connectivity index (χ0) is 13.8. The lowest BCUT2D eigenvalue weighted by atomic mass is 10.0. The molecule has 0 aliphatic heterocycles. The lowest BCUT2D eigenvalue weighted by Crippen LogP contribution is -2.44. The van der Waals surface area contributed by atoms with Crippen molar-refractivity contribution in [2.24, 2.45) is 0 Å². The summed E-state index contributed by atoms with van der Waals surface area (Å²) in [7, 11) is 1.25. The van der Waals surface area contributed by atoms with Gasteiger partial charge in [-0.25, -0.2) is 14.5 Å². The van der Waals surface area contributed by atoms with E-state index >= 15 is 0 Å². The predicted octanol–water partition coefficient (Wildman–Crippen LogP) is 0.369. The van der Waals surface area contributed by atoms with E-state index in [9.17, 15) is 9.59 Å². The Bertz CT molecular complexity index is 439. The molecule has 100 valence electrons. The van der Waals surface area contributed by atoms with Crippen LogP contribution in [0.25, 0.3) is 0 Å². The maximum absolute atomic E-state index is 11.7. The number of nitrogens with one attached hydrogen (secondary N) is 1. The lowest BCUT2D eigenvalue weighted by Gasteiger charge is -2.24. The molecule has 7 nitrogen and oxygen atoms in total. The third-order valence-corrected chi connectivity index (χ3v) is 2.57. The Hall–Kier alpha value is -1.92. The predicted molar refractivity (Wildman–Crippen MR) is 63.9 cm³/mol. The van der Waals surface area contributed by atoms with Crippen LogP contribution in [0.2, 0.25) is 0 Å². The van der Waals surface area contributed by atoms with E-state index in [0.29, 0.717) is 0 Å². The first-order valence-electron chi connectivity index (χ1n) is 5.66. The highest BCUT2D eigenvalue weighted by molar-refractivity contribution is 5.84. The number of esters is 1. The van der Waals surface area contributed by atoms with Crippen LogP contribution in [-0.4, -0.2) is 39.3 Å². The molecule has 0 saturated heterocycles. The summed E-state index contributed by atoms with van der Waals surface area (Å²) in [5, 5.41) is 6.71. The van der Waals surface area contributed by atoms with Crippen LogP contribution in [0.5, 0.6) is 0 Å². The van der Waals surface area contributed by atoms with Crippen molar-refractivity contribution in [2.75, 3.05) is 7.11 Å². The average Bonchev–Trinajstić information content (AvgIpc) is 2.75. The molecule has 0 unspecified atom stereocenters. The highest BCUT2D eigenvalue weighted by atomic mass is 16.5. The standard InChI is InChI=1S/C11H18N4O3/c1-5-11(2,3)13-8(16)6-15-7-12-9(14-15)10(17)18-4/h7H,5-6H2,1-4H3,(H,13,16). The number of carbonyl (C=O) groups excluding carboxylic acids is 2. The number of aromatic nitrogens is 3. The van der Waals surface area contributed by atoms with Crippen LogP contribution in [-0.2, 0) is 16.1 Å². The average molecular weight is 254 g/mol. The summed E-state index contributed by atoms with van der Waals surface area (Å²) in [5.41, 5.74) is -0.261. The van der Waals surface area contributed by atoms with Crippen molar-refractivity contribution in [3.05, 3.63) is 12.2 Å². The minimum Gasteiger partial charge on any atom is -0.463 e. The molecule has 0 aromatic carbocycles. The van der Waals surface area contributed by atoms with Gasteiger partial charge in [0.2, 0.25) is 5.91 Å². The van der Waals surface area contributed by atoms with Gasteiger partial charge in [-0.3, -0.25) is 4.79 Å². The smallest absolute Gasteiger partial charge is 0.377 e. The minimum absolute atomic E-state index is 0.0213. The van der Waals surface area contributed by atoms with Gasteiger partial charge in [0.15, 0.2) is 0 Å². The van der Waals surface area contributed by atoms with Crippen LogP contribution in [0, 0.1) is 0 Å². The van der Waals surface area contributed by atoms with Gasteiger partial charge in [-0.1, -0.05) is 6.92 Å². The molecule has 0 fully saturated rings. The summed E-state index contributed by atoms with van der Waals surface area (Å²) in [4.78, 5) is 26.6. The highest BCUT2D eigenvalue weighted by Crippen LogP contribution is 2.06. The van der Waals surface area contributed by atoms with Gasteiger partial charge in [-0.15, -0.1) is 5.10 Å². The first kappa shape index (κ1) is 14.1. The third kappa shape index (κ3) is 3.83. The Morgan fingerprint density at radius 3 is 2.72 bits per heavy atom. The molecule has 0 saturated carbocycles. The van der Waals surface area contributed by atoms with Crippen LogP contribution in [0.3, 0.4) is 0 Å². The monoisotopic (exact) mass is 254 g/mol. The lowest BCUT2D eigenvalue weighted by molar-refractivity contribution is -0.123. The van der Waals surface area contributed by atoms with Crippen LogP contribution in [0.15, 0.2) is 6.33 Å². The normalized spacial score (nSPS) is 11.1. The number of rotatable bonds is 5. The van der Waals surface area contributed by atoms with E-state index in [0.717, 1.165) is 6.42 Å². The fraction of sp³-hybridized carbons (Fsp3) is 0.636. The topological polar surface area (TPSA) is 86.1 Å². The third-order valence-electron chi connectivity index (χ3n) is 2.57. The van der Waals surface area contributed by atoms with E-state index in [1.807, 2.05) is 20.8 Å². The Labute approximate surface area is 106 Å². The van der Waals surface area contributed by atoms with E-state index in [4.69, 9.17) is 0 Å². The molecule has 1 aromatic heterocycles. The van der Waals surface area contributed by atoms with Crippen LogP contribution in [0.1, 0.15) is 37.8 Å². The number of methoxy groups -OCH3 is 1. The van der Waals surface area contributed by atoms with Gasteiger partial charge in [0, 0.05) is 5.54 Å². The van der Waals surface area contributed by atoms with Crippen molar-refractivity contribution in [1.82, 2.24) is 20.1 Å². The van der Waals surface area contributed by atoms with Crippen molar-refractivity contribution in [2.45, 2.75) is 39.3 Å². The highest BCUT2D eigenvalue weighted by Gasteiger charge is 2.19. The molecule has 1 N–H and O–H groups in total. The van der Waals surface area contributed by atoms with E-state index < -0.39 is 5.97 Å². The van der Waals surface area contributed by atoms with E-state index in [-0.39, 0.29) is 23.8 Å². The number of hydrogen-bond donors (Lipinski definition) is 1. The molecule has 0 radical (unpaired) electrons. The van der Waals surface area contributed by atoms with Crippen molar-refractivity contribution >= 4 is 11.9 Å². The second-order valence-electron chi connectivity index (χ2n) is 4.54. The van der Waals surface area contributed by atoms with Crippen LogP contribution in [0.4, 0.5) is 0 Å². The zero-order valence-corrected chi connectivity index (χ0v) is 11.1. The number of ether oxygens (including phenoxy) is 1. The Morgan fingerprint density at radius 2 is 2.17 bits per heavy atom. The second-order valence-corrected chi connectivity index (χ2v) is 4.54. The fourth-order valence-corrected chi connectivity index (χ4v) is 1.21. The summed E-state index contributed by atoms with van der Waals surface area (Å²) in [6.45, 7) is 5.89. The van der Waals surface area contributed by atoms with Crippen molar-refractivity contribution < 1.29 is 14.3 Å². The Balaban J connectivity index is 2.60. The molecule has 1 rings (SSSR count). The fourth-order valence-electron chi connectivity index (χ4n) is 1.21. The Morgan fingerprint density at radius 1 is 1.50 bits per heavy atom. The molecule has 7 heteroatoms. The molecule has 1 heterocycles. The second kappa shape index (κ2) is 5.61. The summed E-state index contributed by atoms with van der Waals surface area (Å²) < 4.78 is 5.77. The maximum atomic E-state index is 11.7. The number of nitrogens with zero attached hydrogens (tertiary/aromatic N) is 3. The van der Waals surface area contributed by atoms with Gasteiger partial charge in [-0.2, -0.15) is 0 Å². The molecule has 0 bridgehead atoms. The molecular formula is C11H18N4O3. The van der Waals surface area contributed by atoms with Crippen LogP contribution >= 0.6 is 0 Å². The van der Waals surface area contributed by atoms with Gasteiger partial charge in [0.25, 0.3) is 5.82 Å². The zero-order valence-electron chi connectivity index (χ0n) is 11.1. The van der Waals surface area contributed by atoms with Crippen LogP contribution < -0.4 is 5.32 Å². The molecule has 0 spiro atoms. The summed E-state index contributed by atoms with van der Waals surface area (Å²) in [6.07, 6.45) is 2.15. The van der Waals surface area contributed by atoms with Crippen molar-refractivity contribution in [1.29, 1.82) is 0 Å². The van der Waals surface area contributed by atoms with Crippen molar-refractivity contribution in [3.63, 3.8) is 0 Å². The van der Waals surface area contributed by atoms with Crippen molar-refractivity contribution in [3.8, 4) is 0 Å². The molecule has 1 aromatic rings. The van der Waals surface area contributed by atoms with E-state index in [1.54, 1.807) is 0 Å². The Kier molecular flexibility index (Phi) is 4.41. The first-order chi connectivity index (χ1) is 8.38. The maximum Gasteiger partial charge on any atom is 0.377 e. The molecule has 0 atom stereocenters. The molecular weight excluding hydrogens is 236 g/mol. The summed E-state index contributed by atoms with van der Waals surface area (Å²) in [5.74, 6) is -0.855. The molecule has 0 aliphatic carbocycles. The van der Waals surface area contributed by atoms with E-state index in [2.05, 4.69) is 20.1 Å². The number of amides is 1. The van der Waals surface area contributed by atoms with Gasteiger partial charge in [0.1, 0.15) is 12.9 Å². The summed E-state index contributed by atoms with van der Waals surface area (Å²) >= 11 is 0. The molecule has 18 heavy (non-hydrogen) atoms. The molecule has 0 aliphatic rings. The largest absolute Gasteiger partial charge is 0.463 e. The quantitative estimate of drug-likeness (QED) is 0.767. The SMILES string of the molecule is CCC(C)(C)NC(=O)Cn1cnc(C(=O)OC)n1. The van der Waals surface area contributed by atoms with E-state index in [1.165, 1.54) is 18.1 Å². The number of hydrogen-bond acceptors (Lipinski definition) is 5. The number of carbonyl (C=O) groups is 2. The molecule has 1 amide bonds.